The Labute approximate surface area is 196 Å². The summed E-state index contributed by atoms with van der Waals surface area (Å²) in [6.07, 6.45) is 4.33. The fourth-order valence-corrected chi connectivity index (χ4v) is 4.99. The molecule has 5 rings (SSSR count). The number of nitriles is 1. The largest absolute Gasteiger partial charge is 0.337 e. The molecular formula is C31H28N2. The fraction of sp³-hybridized carbons (Fsp3) is 0.194. The molecule has 0 aliphatic heterocycles. The second kappa shape index (κ2) is 9.76. The first-order valence-corrected chi connectivity index (χ1v) is 11.8. The Bertz CT molecular complexity index is 1120. The van der Waals surface area contributed by atoms with Gasteiger partial charge in [0.2, 0.25) is 0 Å². The van der Waals surface area contributed by atoms with Gasteiger partial charge in [0, 0.05) is 11.4 Å². The zero-order valence-corrected chi connectivity index (χ0v) is 18.8. The maximum atomic E-state index is 9.91. The molecule has 1 aliphatic rings. The minimum Gasteiger partial charge on any atom is -0.337 e. The molecule has 1 aliphatic carbocycles. The molecule has 2 nitrogen and oxygen atoms in total. The van der Waals surface area contributed by atoms with Crippen LogP contribution >= 0.6 is 0 Å². The topological polar surface area (TPSA) is 27.0 Å². The van der Waals surface area contributed by atoms with Crippen molar-refractivity contribution in [3.8, 4) is 28.3 Å². The van der Waals surface area contributed by atoms with Gasteiger partial charge in [-0.1, -0.05) is 97.8 Å². The standard InChI is InChI=1S/C31H28N2/c32-23-28-13-7-8-14-31(28)33(29-19-15-26(16-20-29)24-9-3-1-4-10-24)30-21-17-27(18-22-30)25-11-5-2-6-12-25/h1-6,9-12,15-22,28,31H,7-8,13-14H2. The van der Waals surface area contributed by atoms with E-state index in [0.29, 0.717) is 0 Å². The monoisotopic (exact) mass is 428 g/mol. The molecule has 0 amide bonds. The van der Waals surface area contributed by atoms with E-state index in [1.165, 1.54) is 28.7 Å². The number of benzene rings is 4. The highest BCUT2D eigenvalue weighted by molar-refractivity contribution is 5.73. The van der Waals surface area contributed by atoms with Crippen LogP contribution < -0.4 is 4.90 Å². The van der Waals surface area contributed by atoms with Crippen molar-refractivity contribution in [3.63, 3.8) is 0 Å². The molecule has 2 heteroatoms. The van der Waals surface area contributed by atoms with E-state index in [-0.39, 0.29) is 12.0 Å². The highest BCUT2D eigenvalue weighted by atomic mass is 15.2. The van der Waals surface area contributed by atoms with Crippen LogP contribution in [-0.4, -0.2) is 6.04 Å². The number of hydrogen-bond donors (Lipinski definition) is 0. The Balaban J connectivity index is 1.52. The van der Waals surface area contributed by atoms with E-state index >= 15 is 0 Å². The van der Waals surface area contributed by atoms with Crippen LogP contribution in [-0.2, 0) is 0 Å². The molecule has 0 spiro atoms. The molecule has 4 aromatic rings. The quantitative estimate of drug-likeness (QED) is 0.320. The van der Waals surface area contributed by atoms with Crippen LogP contribution in [0.15, 0.2) is 109 Å². The molecule has 4 aromatic carbocycles. The van der Waals surface area contributed by atoms with Gasteiger partial charge in [0.15, 0.2) is 0 Å². The highest BCUT2D eigenvalue weighted by Crippen LogP contribution is 2.38. The van der Waals surface area contributed by atoms with E-state index in [1.54, 1.807) is 0 Å². The van der Waals surface area contributed by atoms with E-state index in [2.05, 4.69) is 108 Å². The first-order valence-electron chi connectivity index (χ1n) is 11.8. The van der Waals surface area contributed by atoms with Crippen molar-refractivity contribution in [1.29, 1.82) is 5.26 Å². The Morgan fingerprint density at radius 3 is 1.42 bits per heavy atom. The second-order valence-electron chi connectivity index (χ2n) is 8.78. The molecule has 0 radical (unpaired) electrons. The molecule has 0 heterocycles. The first kappa shape index (κ1) is 21.0. The van der Waals surface area contributed by atoms with Crippen LogP contribution in [0.1, 0.15) is 25.7 Å². The van der Waals surface area contributed by atoms with Crippen molar-refractivity contribution >= 4 is 11.4 Å². The number of nitrogens with zero attached hydrogens (tertiary/aromatic N) is 2. The van der Waals surface area contributed by atoms with Crippen molar-refractivity contribution < 1.29 is 0 Å². The van der Waals surface area contributed by atoms with Gasteiger partial charge in [-0.05, 0) is 59.4 Å². The van der Waals surface area contributed by atoms with Gasteiger partial charge < -0.3 is 4.90 Å². The van der Waals surface area contributed by atoms with Crippen molar-refractivity contribution in [2.75, 3.05) is 4.90 Å². The summed E-state index contributed by atoms with van der Waals surface area (Å²) in [5.41, 5.74) is 7.15. The minimum absolute atomic E-state index is 0.0429. The third kappa shape index (κ3) is 4.54. The van der Waals surface area contributed by atoms with Crippen LogP contribution in [0.4, 0.5) is 11.4 Å². The van der Waals surface area contributed by atoms with E-state index < -0.39 is 0 Å². The maximum Gasteiger partial charge on any atom is 0.0677 e. The van der Waals surface area contributed by atoms with E-state index in [4.69, 9.17) is 0 Å². The Hall–Kier alpha value is -3.83. The van der Waals surface area contributed by atoms with Crippen molar-refractivity contribution in [1.82, 2.24) is 0 Å². The molecule has 2 unspecified atom stereocenters. The van der Waals surface area contributed by atoms with E-state index in [1.807, 2.05) is 12.1 Å². The van der Waals surface area contributed by atoms with Crippen LogP contribution in [0.5, 0.6) is 0 Å². The van der Waals surface area contributed by atoms with Gasteiger partial charge in [0.25, 0.3) is 0 Å². The summed E-state index contributed by atoms with van der Waals surface area (Å²) in [5, 5.41) is 9.91. The smallest absolute Gasteiger partial charge is 0.0677 e. The maximum absolute atomic E-state index is 9.91. The lowest BCUT2D eigenvalue weighted by atomic mass is 9.84. The highest BCUT2D eigenvalue weighted by Gasteiger charge is 2.31. The zero-order valence-electron chi connectivity index (χ0n) is 18.8. The molecule has 0 saturated heterocycles. The molecule has 33 heavy (non-hydrogen) atoms. The summed E-state index contributed by atoms with van der Waals surface area (Å²) in [4.78, 5) is 2.40. The summed E-state index contributed by atoms with van der Waals surface area (Å²) in [5.74, 6) is 0.0429. The van der Waals surface area contributed by atoms with Gasteiger partial charge in [0.05, 0.1) is 18.0 Å². The van der Waals surface area contributed by atoms with E-state index in [0.717, 1.165) is 30.6 Å². The van der Waals surface area contributed by atoms with Gasteiger partial charge in [-0.25, -0.2) is 0 Å². The second-order valence-corrected chi connectivity index (χ2v) is 8.78. The predicted octanol–water partition coefficient (Wildman–Crippen LogP) is 8.24. The van der Waals surface area contributed by atoms with E-state index in [9.17, 15) is 5.26 Å². The minimum atomic E-state index is 0.0429. The summed E-state index contributed by atoms with van der Waals surface area (Å²) in [7, 11) is 0. The van der Waals surface area contributed by atoms with Crippen molar-refractivity contribution in [2.24, 2.45) is 5.92 Å². The summed E-state index contributed by atoms with van der Waals surface area (Å²) in [6.45, 7) is 0. The van der Waals surface area contributed by atoms with Crippen LogP contribution in [0, 0.1) is 17.2 Å². The van der Waals surface area contributed by atoms with Crippen LogP contribution in [0.3, 0.4) is 0 Å². The Morgan fingerprint density at radius 1 is 0.545 bits per heavy atom. The zero-order chi connectivity index (χ0) is 22.5. The summed E-state index contributed by atoms with van der Waals surface area (Å²) in [6, 6.07) is 41.3. The molecule has 2 atom stereocenters. The van der Waals surface area contributed by atoms with Crippen molar-refractivity contribution in [2.45, 2.75) is 31.7 Å². The van der Waals surface area contributed by atoms with Crippen LogP contribution in [0.2, 0.25) is 0 Å². The molecule has 0 bridgehead atoms. The summed E-state index contributed by atoms with van der Waals surface area (Å²) >= 11 is 0. The third-order valence-electron chi connectivity index (χ3n) is 6.73. The predicted molar refractivity (Wildman–Crippen MR) is 137 cm³/mol. The number of hydrogen-bond acceptors (Lipinski definition) is 2. The lowest BCUT2D eigenvalue weighted by Gasteiger charge is -2.39. The molecule has 1 saturated carbocycles. The number of rotatable bonds is 5. The van der Waals surface area contributed by atoms with Gasteiger partial charge in [0.1, 0.15) is 0 Å². The molecule has 1 fully saturated rings. The van der Waals surface area contributed by atoms with Gasteiger partial charge >= 0.3 is 0 Å². The Morgan fingerprint density at radius 2 is 0.970 bits per heavy atom. The SMILES string of the molecule is N#CC1CCCCC1N(c1ccc(-c2ccccc2)cc1)c1ccc(-c2ccccc2)cc1. The van der Waals surface area contributed by atoms with Gasteiger partial charge in [-0.15, -0.1) is 0 Å². The Kier molecular flexibility index (Phi) is 6.22. The van der Waals surface area contributed by atoms with Crippen molar-refractivity contribution in [3.05, 3.63) is 109 Å². The van der Waals surface area contributed by atoms with Crippen LogP contribution in [0.25, 0.3) is 22.3 Å². The molecule has 0 N–H and O–H groups in total. The molecule has 0 aromatic heterocycles. The lowest BCUT2D eigenvalue weighted by molar-refractivity contribution is 0.365. The van der Waals surface area contributed by atoms with Gasteiger partial charge in [-0.2, -0.15) is 5.26 Å². The summed E-state index contributed by atoms with van der Waals surface area (Å²) < 4.78 is 0. The average molecular weight is 429 g/mol. The molecular weight excluding hydrogens is 400 g/mol. The number of anilines is 2. The molecule has 162 valence electrons. The lowest BCUT2D eigenvalue weighted by Crippen LogP contribution is -2.39. The normalized spacial score (nSPS) is 17.8. The average Bonchev–Trinajstić information content (AvgIpc) is 2.91. The first-order chi connectivity index (χ1) is 16.3. The fourth-order valence-electron chi connectivity index (χ4n) is 4.99. The van der Waals surface area contributed by atoms with Gasteiger partial charge in [-0.3, -0.25) is 0 Å². The third-order valence-corrected chi connectivity index (χ3v) is 6.73.